The molecule has 2 aliphatic heterocycles. The van der Waals surface area contributed by atoms with Crippen LogP contribution in [0.15, 0.2) is 41.6 Å². The Morgan fingerprint density at radius 1 is 1.22 bits per heavy atom. The third-order valence-electron chi connectivity index (χ3n) is 5.48. The monoisotopic (exact) mass is 388 g/mol. The summed E-state index contributed by atoms with van der Waals surface area (Å²) in [5, 5.41) is 0. The molecular formula is C19H24N4O3S. The number of carbonyl (C=O) groups excluding carboxylic acids is 1. The quantitative estimate of drug-likeness (QED) is 0.784. The molecule has 0 bridgehead atoms. The van der Waals surface area contributed by atoms with Crippen LogP contribution < -0.4 is 4.90 Å². The van der Waals surface area contributed by atoms with Gasteiger partial charge < -0.3 is 9.47 Å². The minimum absolute atomic E-state index is 0.0962. The molecule has 0 radical (unpaired) electrons. The van der Waals surface area contributed by atoms with E-state index in [2.05, 4.69) is 9.55 Å². The molecule has 2 aromatic rings. The number of aromatic nitrogens is 2. The molecule has 3 heterocycles. The minimum Gasteiger partial charge on any atom is -0.335 e. The first-order valence-electron chi connectivity index (χ1n) is 9.32. The highest BCUT2D eigenvalue weighted by atomic mass is 32.2. The Hall–Kier alpha value is -2.19. The fourth-order valence-electron chi connectivity index (χ4n) is 3.95. The van der Waals surface area contributed by atoms with Crippen molar-refractivity contribution in [2.75, 3.05) is 25.0 Å². The summed E-state index contributed by atoms with van der Waals surface area (Å²) in [6.07, 6.45) is 6.97. The zero-order valence-electron chi connectivity index (χ0n) is 15.4. The molecule has 144 valence electrons. The SMILES string of the molecule is CN(C[C@@H]1CCc2nccn2C1)S(=O)(=O)c1ccc(N2CCCC2=O)cc1. The number of sulfonamides is 1. The van der Waals surface area contributed by atoms with Gasteiger partial charge in [-0.2, -0.15) is 0 Å². The summed E-state index contributed by atoms with van der Waals surface area (Å²) < 4.78 is 29.4. The number of benzene rings is 1. The van der Waals surface area contributed by atoms with Crippen LogP contribution in [-0.2, 0) is 27.8 Å². The van der Waals surface area contributed by atoms with Crippen LogP contribution in [-0.4, -0.2) is 48.3 Å². The van der Waals surface area contributed by atoms with E-state index in [-0.39, 0.29) is 16.7 Å². The molecule has 1 fully saturated rings. The lowest BCUT2D eigenvalue weighted by Crippen LogP contribution is -2.35. The number of hydrogen-bond donors (Lipinski definition) is 0. The Labute approximate surface area is 159 Å². The fourth-order valence-corrected chi connectivity index (χ4v) is 5.19. The summed E-state index contributed by atoms with van der Waals surface area (Å²) in [4.78, 5) is 18.1. The van der Waals surface area contributed by atoms with Gasteiger partial charge in [-0.25, -0.2) is 17.7 Å². The van der Waals surface area contributed by atoms with E-state index in [4.69, 9.17) is 0 Å². The van der Waals surface area contributed by atoms with Crippen molar-refractivity contribution in [2.24, 2.45) is 5.92 Å². The zero-order chi connectivity index (χ0) is 19.0. The van der Waals surface area contributed by atoms with E-state index in [0.29, 0.717) is 19.5 Å². The summed E-state index contributed by atoms with van der Waals surface area (Å²) in [6.45, 7) is 1.97. The molecule has 8 heteroatoms. The molecule has 7 nitrogen and oxygen atoms in total. The molecule has 0 aliphatic carbocycles. The van der Waals surface area contributed by atoms with Crippen LogP contribution in [0.5, 0.6) is 0 Å². The second-order valence-corrected chi connectivity index (χ2v) is 9.37. The van der Waals surface area contributed by atoms with Crippen LogP contribution in [0.4, 0.5) is 5.69 Å². The van der Waals surface area contributed by atoms with Crippen LogP contribution in [0.3, 0.4) is 0 Å². The van der Waals surface area contributed by atoms with Crippen LogP contribution in [0.1, 0.15) is 25.1 Å². The Balaban J connectivity index is 1.45. The number of rotatable bonds is 5. The van der Waals surface area contributed by atoms with Gasteiger partial charge in [0, 0.05) is 57.6 Å². The largest absolute Gasteiger partial charge is 0.335 e. The van der Waals surface area contributed by atoms with Crippen molar-refractivity contribution in [3.8, 4) is 0 Å². The van der Waals surface area contributed by atoms with E-state index in [1.807, 2.05) is 6.20 Å². The van der Waals surface area contributed by atoms with Crippen molar-refractivity contribution in [1.29, 1.82) is 0 Å². The average Bonchev–Trinajstić information content (AvgIpc) is 3.30. The number of amides is 1. The molecule has 1 saturated heterocycles. The first-order chi connectivity index (χ1) is 12.9. The van der Waals surface area contributed by atoms with E-state index in [1.54, 1.807) is 42.4 Å². The third kappa shape index (κ3) is 3.51. The summed E-state index contributed by atoms with van der Waals surface area (Å²) in [5.74, 6) is 1.44. The highest BCUT2D eigenvalue weighted by Crippen LogP contribution is 2.25. The van der Waals surface area contributed by atoms with Gasteiger partial charge in [0.05, 0.1) is 4.90 Å². The van der Waals surface area contributed by atoms with Gasteiger partial charge in [-0.3, -0.25) is 4.79 Å². The summed E-state index contributed by atoms with van der Waals surface area (Å²) >= 11 is 0. The molecule has 2 aliphatic rings. The van der Waals surface area contributed by atoms with E-state index in [9.17, 15) is 13.2 Å². The van der Waals surface area contributed by atoms with Crippen molar-refractivity contribution in [3.05, 3.63) is 42.5 Å². The fraction of sp³-hybridized carbons (Fsp3) is 0.474. The smallest absolute Gasteiger partial charge is 0.242 e. The predicted molar refractivity (Wildman–Crippen MR) is 102 cm³/mol. The highest BCUT2D eigenvalue weighted by molar-refractivity contribution is 7.89. The van der Waals surface area contributed by atoms with Crippen molar-refractivity contribution in [1.82, 2.24) is 13.9 Å². The Morgan fingerprint density at radius 2 is 2.00 bits per heavy atom. The Bertz CT molecular complexity index is 936. The molecule has 1 aromatic heterocycles. The second kappa shape index (κ2) is 7.09. The van der Waals surface area contributed by atoms with Crippen molar-refractivity contribution in [2.45, 2.75) is 37.1 Å². The Kier molecular flexibility index (Phi) is 4.77. The molecule has 1 amide bonds. The maximum atomic E-state index is 12.9. The zero-order valence-corrected chi connectivity index (χ0v) is 16.2. The van der Waals surface area contributed by atoms with Gasteiger partial charge in [-0.15, -0.1) is 0 Å². The number of imidazole rings is 1. The number of carbonyl (C=O) groups is 1. The van der Waals surface area contributed by atoms with E-state index in [0.717, 1.165) is 37.3 Å². The minimum atomic E-state index is -3.55. The van der Waals surface area contributed by atoms with Gasteiger partial charge in [0.2, 0.25) is 15.9 Å². The first kappa shape index (κ1) is 18.2. The number of fused-ring (bicyclic) bond motifs is 1. The summed E-state index contributed by atoms with van der Waals surface area (Å²) in [6, 6.07) is 6.65. The van der Waals surface area contributed by atoms with E-state index < -0.39 is 10.0 Å². The van der Waals surface area contributed by atoms with E-state index >= 15 is 0 Å². The molecule has 0 saturated carbocycles. The molecule has 0 N–H and O–H groups in total. The van der Waals surface area contributed by atoms with Gasteiger partial charge >= 0.3 is 0 Å². The van der Waals surface area contributed by atoms with Gasteiger partial charge in [-0.1, -0.05) is 0 Å². The molecule has 4 rings (SSSR count). The summed E-state index contributed by atoms with van der Waals surface area (Å²) in [7, 11) is -1.92. The van der Waals surface area contributed by atoms with Crippen LogP contribution in [0, 0.1) is 5.92 Å². The molecule has 27 heavy (non-hydrogen) atoms. The third-order valence-corrected chi connectivity index (χ3v) is 7.32. The molecular weight excluding hydrogens is 364 g/mol. The lowest BCUT2D eigenvalue weighted by atomic mass is 10.00. The molecule has 1 atom stereocenters. The number of aryl methyl sites for hydroxylation is 1. The number of anilines is 1. The van der Waals surface area contributed by atoms with Crippen LogP contribution in [0.2, 0.25) is 0 Å². The lowest BCUT2D eigenvalue weighted by molar-refractivity contribution is -0.117. The van der Waals surface area contributed by atoms with Crippen molar-refractivity contribution >= 4 is 21.6 Å². The number of nitrogens with zero attached hydrogens (tertiary/aromatic N) is 4. The second-order valence-electron chi connectivity index (χ2n) is 7.33. The van der Waals surface area contributed by atoms with Crippen molar-refractivity contribution in [3.63, 3.8) is 0 Å². The standard InChI is InChI=1S/C19H24N4O3S/c1-21(13-15-4-9-18-20-10-12-22(18)14-15)27(25,26)17-7-5-16(6-8-17)23-11-2-3-19(23)24/h5-8,10,12,15H,2-4,9,11,13-14H2,1H3/t15-/m0/s1. The maximum absolute atomic E-state index is 12.9. The van der Waals surface area contributed by atoms with Crippen LogP contribution in [0.25, 0.3) is 0 Å². The lowest BCUT2D eigenvalue weighted by Gasteiger charge is -2.28. The maximum Gasteiger partial charge on any atom is 0.242 e. The number of hydrogen-bond acceptors (Lipinski definition) is 4. The molecule has 0 spiro atoms. The van der Waals surface area contributed by atoms with Crippen molar-refractivity contribution < 1.29 is 13.2 Å². The summed E-state index contributed by atoms with van der Waals surface area (Å²) in [5.41, 5.74) is 0.763. The van der Waals surface area contributed by atoms with Gasteiger partial charge in [0.1, 0.15) is 5.82 Å². The normalized spacial score (nSPS) is 20.3. The van der Waals surface area contributed by atoms with Gasteiger partial charge in [0.15, 0.2) is 0 Å². The van der Waals surface area contributed by atoms with Crippen LogP contribution >= 0.6 is 0 Å². The van der Waals surface area contributed by atoms with Gasteiger partial charge in [0.25, 0.3) is 0 Å². The predicted octanol–water partition coefficient (Wildman–Crippen LogP) is 1.89. The molecule has 0 unspecified atom stereocenters. The highest BCUT2D eigenvalue weighted by Gasteiger charge is 2.27. The molecule has 1 aromatic carbocycles. The first-order valence-corrected chi connectivity index (χ1v) is 10.8. The average molecular weight is 388 g/mol. The van der Waals surface area contributed by atoms with E-state index in [1.165, 1.54) is 4.31 Å². The van der Waals surface area contributed by atoms with Gasteiger partial charge in [-0.05, 0) is 43.0 Å². The Morgan fingerprint density at radius 3 is 2.70 bits per heavy atom. The topological polar surface area (TPSA) is 75.5 Å².